The second-order valence-corrected chi connectivity index (χ2v) is 6.69. The number of carbonyl (C=O) groups excluding carboxylic acids is 2. The number of aliphatic hydroxyl groups is 1. The Labute approximate surface area is 178 Å². The fraction of sp³-hybridized carbons (Fsp3) is 0.238. The van der Waals surface area contributed by atoms with Crippen LogP contribution in [0.2, 0.25) is 0 Å². The number of hydrogen-bond donors (Lipinski definition) is 1. The first kappa shape index (κ1) is 21.8. The van der Waals surface area contributed by atoms with Crippen LogP contribution >= 0.6 is 0 Å². The molecule has 1 N–H and O–H groups in total. The third kappa shape index (κ3) is 4.05. The highest BCUT2D eigenvalue weighted by molar-refractivity contribution is 6.45. The Morgan fingerprint density at radius 2 is 1.61 bits per heavy atom. The van der Waals surface area contributed by atoms with E-state index in [-0.39, 0.29) is 35.8 Å². The van der Waals surface area contributed by atoms with Crippen LogP contribution in [0.15, 0.2) is 48.2 Å². The van der Waals surface area contributed by atoms with Gasteiger partial charge in [0, 0.05) is 43.9 Å². The Hall–Kier alpha value is -3.92. The summed E-state index contributed by atoms with van der Waals surface area (Å²) in [6.07, 6.45) is 0. The van der Waals surface area contributed by atoms with Gasteiger partial charge in [-0.2, -0.15) is 0 Å². The number of rotatable bonds is 8. The molecule has 2 aromatic carbocycles. The molecule has 0 saturated heterocycles. The van der Waals surface area contributed by atoms with Crippen molar-refractivity contribution in [2.75, 3.05) is 39.3 Å². The number of non-ortho nitro benzene ring substituents is 1. The van der Waals surface area contributed by atoms with Crippen LogP contribution in [0, 0.1) is 10.1 Å². The van der Waals surface area contributed by atoms with Crippen molar-refractivity contribution in [3.63, 3.8) is 0 Å². The van der Waals surface area contributed by atoms with Gasteiger partial charge in [0.05, 0.1) is 37.0 Å². The molecule has 1 heterocycles. The number of imide groups is 1. The van der Waals surface area contributed by atoms with Crippen LogP contribution in [-0.2, 0) is 9.59 Å². The monoisotopic (exact) mass is 427 g/mol. The Kier molecular flexibility index (Phi) is 6.21. The van der Waals surface area contributed by atoms with Gasteiger partial charge in [-0.15, -0.1) is 0 Å². The standard InChI is InChI=1S/C21H21N3O7/c1-22(8-9-25)19-18(13-4-6-14(7-5-13)24(28)29)20(26)23(21(19)27)15-10-16(30-2)12-17(11-15)31-3/h4-7,10-12,25H,8-9H2,1-3H3. The molecule has 1 aliphatic rings. The fourth-order valence-corrected chi connectivity index (χ4v) is 3.30. The van der Waals surface area contributed by atoms with Gasteiger partial charge in [0.25, 0.3) is 17.5 Å². The van der Waals surface area contributed by atoms with Gasteiger partial charge in [-0.3, -0.25) is 19.7 Å². The van der Waals surface area contributed by atoms with E-state index in [1.54, 1.807) is 13.1 Å². The molecule has 0 aromatic heterocycles. The van der Waals surface area contributed by atoms with Crippen molar-refractivity contribution in [2.24, 2.45) is 0 Å². The van der Waals surface area contributed by atoms with Gasteiger partial charge in [-0.25, -0.2) is 4.90 Å². The summed E-state index contributed by atoms with van der Waals surface area (Å²) in [6.45, 7) is -0.123. The number of likely N-dealkylation sites (N-methyl/N-ethyl adjacent to an activating group) is 1. The zero-order valence-electron chi connectivity index (χ0n) is 17.2. The molecule has 3 rings (SSSR count). The van der Waals surface area contributed by atoms with Gasteiger partial charge in [0.2, 0.25) is 0 Å². The van der Waals surface area contributed by atoms with E-state index < -0.39 is 16.7 Å². The Bertz CT molecular complexity index is 1040. The van der Waals surface area contributed by atoms with E-state index in [0.717, 1.165) is 4.90 Å². The molecule has 0 atom stereocenters. The van der Waals surface area contributed by atoms with Gasteiger partial charge in [0.1, 0.15) is 17.2 Å². The quantitative estimate of drug-likeness (QED) is 0.385. The molecule has 10 heteroatoms. The highest BCUT2D eigenvalue weighted by Gasteiger charge is 2.42. The number of benzene rings is 2. The molecule has 2 amide bonds. The van der Waals surface area contributed by atoms with Crippen LogP contribution in [-0.4, -0.2) is 61.2 Å². The van der Waals surface area contributed by atoms with E-state index in [0.29, 0.717) is 17.1 Å². The van der Waals surface area contributed by atoms with Crippen molar-refractivity contribution in [1.82, 2.24) is 4.90 Å². The van der Waals surface area contributed by atoms with E-state index in [1.165, 1.54) is 55.5 Å². The first-order valence-electron chi connectivity index (χ1n) is 9.25. The third-order valence-electron chi connectivity index (χ3n) is 4.84. The number of carbonyl (C=O) groups is 2. The second-order valence-electron chi connectivity index (χ2n) is 6.69. The molecule has 31 heavy (non-hydrogen) atoms. The zero-order valence-corrected chi connectivity index (χ0v) is 17.2. The summed E-state index contributed by atoms with van der Waals surface area (Å²) in [7, 11) is 4.48. The van der Waals surface area contributed by atoms with Crippen molar-refractivity contribution < 1.29 is 29.1 Å². The highest BCUT2D eigenvalue weighted by Crippen LogP contribution is 2.37. The minimum Gasteiger partial charge on any atom is -0.497 e. The topological polar surface area (TPSA) is 122 Å². The molecular formula is C21H21N3O7. The molecule has 0 unspecified atom stereocenters. The Balaban J connectivity index is 2.14. The highest BCUT2D eigenvalue weighted by atomic mass is 16.6. The number of amides is 2. The number of nitrogens with zero attached hydrogens (tertiary/aromatic N) is 3. The number of aliphatic hydroxyl groups excluding tert-OH is 1. The van der Waals surface area contributed by atoms with Crippen molar-refractivity contribution in [1.29, 1.82) is 0 Å². The van der Waals surface area contributed by atoms with Crippen molar-refractivity contribution in [3.05, 3.63) is 63.8 Å². The Morgan fingerprint density at radius 3 is 2.10 bits per heavy atom. The van der Waals surface area contributed by atoms with Crippen LogP contribution in [0.5, 0.6) is 11.5 Å². The largest absolute Gasteiger partial charge is 0.497 e. The maximum atomic E-state index is 13.4. The third-order valence-corrected chi connectivity index (χ3v) is 4.84. The molecule has 0 bridgehead atoms. The van der Waals surface area contributed by atoms with Gasteiger partial charge in [0.15, 0.2) is 0 Å². The molecule has 10 nitrogen and oxygen atoms in total. The van der Waals surface area contributed by atoms with E-state index >= 15 is 0 Å². The van der Waals surface area contributed by atoms with Gasteiger partial charge in [-0.1, -0.05) is 0 Å². The summed E-state index contributed by atoms with van der Waals surface area (Å²) in [4.78, 5) is 39.6. The maximum Gasteiger partial charge on any atom is 0.282 e. The number of nitro benzene ring substituents is 1. The lowest BCUT2D eigenvalue weighted by atomic mass is 10.0. The van der Waals surface area contributed by atoms with E-state index in [4.69, 9.17) is 9.47 Å². The summed E-state index contributed by atoms with van der Waals surface area (Å²) < 4.78 is 10.5. The lowest BCUT2D eigenvalue weighted by Crippen LogP contribution is -2.34. The number of hydrogen-bond acceptors (Lipinski definition) is 8. The van der Waals surface area contributed by atoms with Gasteiger partial charge >= 0.3 is 0 Å². The van der Waals surface area contributed by atoms with E-state index in [1.807, 2.05) is 0 Å². The fourth-order valence-electron chi connectivity index (χ4n) is 3.30. The average molecular weight is 427 g/mol. The average Bonchev–Trinajstić information content (AvgIpc) is 3.03. The lowest BCUT2D eigenvalue weighted by Gasteiger charge is -2.21. The summed E-state index contributed by atoms with van der Waals surface area (Å²) in [6, 6.07) is 10.0. The number of nitro groups is 1. The van der Waals surface area contributed by atoms with Crippen LogP contribution in [0.3, 0.4) is 0 Å². The predicted octanol–water partition coefficient (Wildman–Crippen LogP) is 1.82. The van der Waals surface area contributed by atoms with E-state index in [2.05, 4.69) is 0 Å². The summed E-state index contributed by atoms with van der Waals surface area (Å²) >= 11 is 0. The zero-order chi connectivity index (χ0) is 22.7. The van der Waals surface area contributed by atoms with Crippen molar-refractivity contribution in [2.45, 2.75) is 0 Å². The first-order valence-corrected chi connectivity index (χ1v) is 9.25. The molecule has 0 aliphatic carbocycles. The molecule has 2 aromatic rings. The smallest absolute Gasteiger partial charge is 0.282 e. The number of ether oxygens (including phenoxy) is 2. The van der Waals surface area contributed by atoms with Crippen molar-refractivity contribution in [3.8, 4) is 11.5 Å². The lowest BCUT2D eigenvalue weighted by molar-refractivity contribution is -0.384. The summed E-state index contributed by atoms with van der Waals surface area (Å²) in [5.41, 5.74) is 0.618. The van der Waals surface area contributed by atoms with Crippen molar-refractivity contribution >= 4 is 28.8 Å². The van der Waals surface area contributed by atoms with Crippen LogP contribution < -0.4 is 14.4 Å². The normalized spacial score (nSPS) is 13.6. The van der Waals surface area contributed by atoms with Crippen LogP contribution in [0.4, 0.5) is 11.4 Å². The van der Waals surface area contributed by atoms with Crippen LogP contribution in [0.25, 0.3) is 5.57 Å². The maximum absolute atomic E-state index is 13.4. The first-order chi connectivity index (χ1) is 14.8. The van der Waals surface area contributed by atoms with Crippen LogP contribution in [0.1, 0.15) is 5.56 Å². The summed E-state index contributed by atoms with van der Waals surface area (Å²) in [5, 5.41) is 20.3. The SMILES string of the molecule is COc1cc(OC)cc(N2C(=O)C(c3ccc([N+](=O)[O-])cc3)=C(N(C)CCO)C2=O)c1. The predicted molar refractivity (Wildman–Crippen MR) is 112 cm³/mol. The molecule has 0 radical (unpaired) electrons. The van der Waals surface area contributed by atoms with E-state index in [9.17, 15) is 24.8 Å². The molecule has 0 spiro atoms. The summed E-state index contributed by atoms with van der Waals surface area (Å²) in [5.74, 6) is -0.411. The molecular weight excluding hydrogens is 406 g/mol. The number of methoxy groups -OCH3 is 2. The minimum atomic E-state index is -0.603. The molecule has 1 aliphatic heterocycles. The second kappa shape index (κ2) is 8.84. The van der Waals surface area contributed by atoms with Gasteiger partial charge in [-0.05, 0) is 17.7 Å². The number of anilines is 1. The Morgan fingerprint density at radius 1 is 1.03 bits per heavy atom. The molecule has 0 saturated carbocycles. The van der Waals surface area contributed by atoms with Gasteiger partial charge < -0.3 is 19.5 Å². The molecule has 0 fully saturated rings. The molecule has 162 valence electrons. The minimum absolute atomic E-state index is 0.0784.